The molecule has 7 heteroatoms. The summed E-state index contributed by atoms with van der Waals surface area (Å²) < 4.78 is 39.7. The van der Waals surface area contributed by atoms with Crippen LogP contribution in [-0.2, 0) is 15.2 Å². The van der Waals surface area contributed by atoms with Crippen LogP contribution in [0.2, 0.25) is 0 Å². The van der Waals surface area contributed by atoms with E-state index in [0.29, 0.717) is 11.5 Å². The normalized spacial score (nSPS) is 14.7. The van der Waals surface area contributed by atoms with Crippen molar-refractivity contribution in [3.8, 4) is 0 Å². The number of amides is 1. The third-order valence-electron chi connectivity index (χ3n) is 2.78. The Labute approximate surface area is 114 Å². The van der Waals surface area contributed by atoms with E-state index in [1.54, 1.807) is 6.92 Å². The first-order chi connectivity index (χ1) is 9.29. The Kier molecular flexibility index (Phi) is 5.13. The lowest BCUT2D eigenvalue weighted by molar-refractivity contribution is -0.275. The largest absolute Gasteiger partial charge is 0.430 e. The molecule has 0 saturated carbocycles. The molecular weight excluding hydrogens is 275 g/mol. The van der Waals surface area contributed by atoms with Crippen LogP contribution in [0.3, 0.4) is 0 Å². The zero-order chi connectivity index (χ0) is 15.4. The number of rotatable bonds is 5. The van der Waals surface area contributed by atoms with Gasteiger partial charge < -0.3 is 5.11 Å². The molecule has 0 aromatic heterocycles. The molecule has 1 aromatic rings. The molecule has 0 radical (unpaired) electrons. The van der Waals surface area contributed by atoms with Gasteiger partial charge in [-0.05, 0) is 6.42 Å². The summed E-state index contributed by atoms with van der Waals surface area (Å²) in [6.45, 7) is 1.62. The van der Waals surface area contributed by atoms with Crippen molar-refractivity contribution in [2.75, 3.05) is 13.7 Å². The lowest BCUT2D eigenvalue weighted by Gasteiger charge is -2.33. The van der Waals surface area contributed by atoms with Crippen molar-refractivity contribution in [3.63, 3.8) is 0 Å². The molecule has 4 nitrogen and oxygen atoms in total. The molecule has 1 unspecified atom stereocenters. The summed E-state index contributed by atoms with van der Waals surface area (Å²) in [7, 11) is 1.08. The number of halogens is 3. The van der Waals surface area contributed by atoms with Crippen LogP contribution in [-0.4, -0.2) is 35.9 Å². The number of carbonyl (C=O) groups is 1. The van der Waals surface area contributed by atoms with Crippen molar-refractivity contribution >= 4 is 5.91 Å². The van der Waals surface area contributed by atoms with E-state index in [9.17, 15) is 23.1 Å². The SMILES string of the molecule is CCCN(OC)C(=O)C(O)(c1ccccc1)C(F)(F)F. The third-order valence-corrected chi connectivity index (χ3v) is 2.78. The number of hydrogen-bond donors (Lipinski definition) is 1. The molecule has 0 fully saturated rings. The van der Waals surface area contributed by atoms with Gasteiger partial charge in [-0.15, -0.1) is 0 Å². The van der Waals surface area contributed by atoms with Crippen LogP contribution in [0, 0.1) is 0 Å². The highest BCUT2D eigenvalue weighted by molar-refractivity contribution is 5.86. The van der Waals surface area contributed by atoms with E-state index in [1.807, 2.05) is 0 Å². The number of benzene rings is 1. The summed E-state index contributed by atoms with van der Waals surface area (Å²) in [5.41, 5.74) is -4.17. The highest BCUT2D eigenvalue weighted by atomic mass is 19.4. The fraction of sp³-hybridized carbons (Fsp3) is 0.462. The van der Waals surface area contributed by atoms with Crippen molar-refractivity contribution in [1.29, 1.82) is 0 Å². The highest BCUT2D eigenvalue weighted by Crippen LogP contribution is 2.40. The Morgan fingerprint density at radius 1 is 1.30 bits per heavy atom. The second kappa shape index (κ2) is 6.23. The molecule has 1 aromatic carbocycles. The molecule has 0 saturated heterocycles. The molecule has 0 spiro atoms. The quantitative estimate of drug-likeness (QED) is 0.846. The molecule has 1 rings (SSSR count). The maximum Gasteiger partial charge on any atom is 0.430 e. The smallest absolute Gasteiger partial charge is 0.368 e. The fourth-order valence-corrected chi connectivity index (χ4v) is 1.75. The Balaban J connectivity index is 3.30. The number of carbonyl (C=O) groups excluding carboxylic acids is 1. The first kappa shape index (κ1) is 16.5. The van der Waals surface area contributed by atoms with Gasteiger partial charge in [-0.2, -0.15) is 13.2 Å². The first-order valence-electron chi connectivity index (χ1n) is 5.99. The predicted molar refractivity (Wildman–Crippen MR) is 65.4 cm³/mol. The van der Waals surface area contributed by atoms with Gasteiger partial charge in [-0.1, -0.05) is 37.3 Å². The van der Waals surface area contributed by atoms with E-state index >= 15 is 0 Å². The maximum atomic E-state index is 13.2. The van der Waals surface area contributed by atoms with Crippen molar-refractivity contribution < 1.29 is 27.9 Å². The van der Waals surface area contributed by atoms with Crippen molar-refractivity contribution in [3.05, 3.63) is 35.9 Å². The molecule has 20 heavy (non-hydrogen) atoms. The molecule has 1 atom stereocenters. The van der Waals surface area contributed by atoms with Gasteiger partial charge in [0.1, 0.15) is 0 Å². The molecule has 0 aliphatic carbocycles. The average molecular weight is 291 g/mol. The van der Waals surface area contributed by atoms with Gasteiger partial charge in [-0.3, -0.25) is 9.63 Å². The van der Waals surface area contributed by atoms with Gasteiger partial charge in [0.15, 0.2) is 0 Å². The van der Waals surface area contributed by atoms with Gasteiger partial charge in [-0.25, -0.2) is 5.06 Å². The molecule has 1 N–H and O–H groups in total. The summed E-state index contributed by atoms with van der Waals surface area (Å²) >= 11 is 0. The van der Waals surface area contributed by atoms with Crippen LogP contribution in [0.15, 0.2) is 30.3 Å². The Morgan fingerprint density at radius 3 is 2.25 bits per heavy atom. The minimum absolute atomic E-state index is 0.0550. The van der Waals surface area contributed by atoms with E-state index in [-0.39, 0.29) is 6.54 Å². The van der Waals surface area contributed by atoms with E-state index in [4.69, 9.17) is 0 Å². The number of hydroxylamine groups is 2. The molecule has 1 amide bonds. The topological polar surface area (TPSA) is 49.8 Å². The highest BCUT2D eigenvalue weighted by Gasteiger charge is 2.62. The van der Waals surface area contributed by atoms with Crippen LogP contribution in [0.1, 0.15) is 18.9 Å². The second-order valence-corrected chi connectivity index (χ2v) is 4.16. The standard InChI is InChI=1S/C13H16F3NO3/c1-3-9-17(20-2)11(18)12(19,13(14,15)16)10-7-5-4-6-8-10/h4-8,19H,3,9H2,1-2H3. The first-order valence-corrected chi connectivity index (χ1v) is 5.99. The van der Waals surface area contributed by atoms with Gasteiger partial charge >= 0.3 is 6.18 Å². The van der Waals surface area contributed by atoms with Crippen LogP contribution in [0.5, 0.6) is 0 Å². The van der Waals surface area contributed by atoms with Crippen LogP contribution >= 0.6 is 0 Å². The Bertz CT molecular complexity index is 450. The summed E-state index contributed by atoms with van der Waals surface area (Å²) in [4.78, 5) is 16.7. The molecule has 0 aliphatic heterocycles. The molecule has 0 bridgehead atoms. The summed E-state index contributed by atoms with van der Waals surface area (Å²) in [5, 5.41) is 10.5. The monoisotopic (exact) mass is 291 g/mol. The predicted octanol–water partition coefficient (Wildman–Crippen LogP) is 2.24. The Morgan fingerprint density at radius 2 is 1.85 bits per heavy atom. The fourth-order valence-electron chi connectivity index (χ4n) is 1.75. The lowest BCUT2D eigenvalue weighted by atomic mass is 9.92. The van der Waals surface area contributed by atoms with E-state index < -0.39 is 23.2 Å². The molecule has 0 heterocycles. The molecule has 0 aliphatic rings. The number of aliphatic hydroxyl groups is 1. The number of hydrogen-bond acceptors (Lipinski definition) is 3. The summed E-state index contributed by atoms with van der Waals surface area (Å²) in [5.74, 6) is -1.56. The number of alkyl halides is 3. The Hall–Kier alpha value is -1.60. The van der Waals surface area contributed by atoms with E-state index in [2.05, 4.69) is 4.84 Å². The molecule has 112 valence electrons. The van der Waals surface area contributed by atoms with E-state index in [1.165, 1.54) is 18.2 Å². The van der Waals surface area contributed by atoms with Crippen molar-refractivity contribution in [2.24, 2.45) is 0 Å². The van der Waals surface area contributed by atoms with Gasteiger partial charge in [0, 0.05) is 12.1 Å². The van der Waals surface area contributed by atoms with Crippen molar-refractivity contribution in [1.82, 2.24) is 5.06 Å². The average Bonchev–Trinajstić information content (AvgIpc) is 2.42. The van der Waals surface area contributed by atoms with Crippen LogP contribution in [0.25, 0.3) is 0 Å². The van der Waals surface area contributed by atoms with Gasteiger partial charge in [0.2, 0.25) is 0 Å². The third kappa shape index (κ3) is 2.94. The second-order valence-electron chi connectivity index (χ2n) is 4.16. The minimum Gasteiger partial charge on any atom is -0.368 e. The molecular formula is C13H16F3NO3. The zero-order valence-corrected chi connectivity index (χ0v) is 11.1. The van der Waals surface area contributed by atoms with E-state index in [0.717, 1.165) is 19.2 Å². The number of nitrogens with zero attached hydrogens (tertiary/aromatic N) is 1. The van der Waals surface area contributed by atoms with Crippen LogP contribution < -0.4 is 0 Å². The maximum absolute atomic E-state index is 13.2. The summed E-state index contributed by atoms with van der Waals surface area (Å²) in [6.07, 6.45) is -4.77. The van der Waals surface area contributed by atoms with Crippen LogP contribution in [0.4, 0.5) is 13.2 Å². The minimum atomic E-state index is -5.16. The lowest BCUT2D eigenvalue weighted by Crippen LogP contribution is -2.55. The van der Waals surface area contributed by atoms with Crippen molar-refractivity contribution in [2.45, 2.75) is 25.1 Å². The zero-order valence-electron chi connectivity index (χ0n) is 11.1. The summed E-state index contributed by atoms with van der Waals surface area (Å²) in [6, 6.07) is 6.22. The van der Waals surface area contributed by atoms with Gasteiger partial charge in [0.05, 0.1) is 7.11 Å². The van der Waals surface area contributed by atoms with Gasteiger partial charge in [0.25, 0.3) is 11.5 Å².